The quantitative estimate of drug-likeness (QED) is 0.686. The number of anilines is 1. The average molecular weight is 407 g/mol. The summed E-state index contributed by atoms with van der Waals surface area (Å²) in [7, 11) is 0. The van der Waals surface area contributed by atoms with Crippen molar-refractivity contribution in [2.24, 2.45) is 0 Å². The normalized spacial score (nSPS) is 19.8. The molecule has 2 aromatic rings. The van der Waals surface area contributed by atoms with Gasteiger partial charge >= 0.3 is 6.18 Å². The van der Waals surface area contributed by atoms with Gasteiger partial charge in [-0.15, -0.1) is 0 Å². The number of rotatable bonds is 5. The van der Waals surface area contributed by atoms with Gasteiger partial charge in [-0.1, -0.05) is 30.3 Å². The zero-order valence-corrected chi connectivity index (χ0v) is 16.8. The van der Waals surface area contributed by atoms with Crippen LogP contribution in [0.1, 0.15) is 22.3 Å². The molecule has 0 saturated carbocycles. The van der Waals surface area contributed by atoms with Crippen LogP contribution in [-0.4, -0.2) is 38.6 Å². The number of halogens is 3. The minimum Gasteiger partial charge on any atom is -0.322 e. The lowest BCUT2D eigenvalue weighted by atomic mass is 10.1. The predicted molar refractivity (Wildman–Crippen MR) is 106 cm³/mol. The lowest BCUT2D eigenvalue weighted by Crippen LogP contribution is -3.28. The van der Waals surface area contributed by atoms with E-state index in [1.54, 1.807) is 6.07 Å². The van der Waals surface area contributed by atoms with Gasteiger partial charge in [0.15, 0.2) is 6.54 Å². The lowest BCUT2D eigenvalue weighted by molar-refractivity contribution is -1.02. The van der Waals surface area contributed by atoms with Crippen molar-refractivity contribution < 1.29 is 27.8 Å². The van der Waals surface area contributed by atoms with E-state index in [1.807, 2.05) is 32.0 Å². The average Bonchev–Trinajstić information content (AvgIpc) is 2.66. The summed E-state index contributed by atoms with van der Waals surface area (Å²) in [6.45, 7) is 8.26. The molecule has 0 spiro atoms. The van der Waals surface area contributed by atoms with Crippen LogP contribution >= 0.6 is 0 Å². The number of alkyl halides is 3. The smallest absolute Gasteiger partial charge is 0.322 e. The van der Waals surface area contributed by atoms with Gasteiger partial charge in [0.1, 0.15) is 32.7 Å². The first-order chi connectivity index (χ1) is 13.7. The summed E-state index contributed by atoms with van der Waals surface area (Å²) in [5.41, 5.74) is 3.07. The number of hydrogen-bond donors (Lipinski definition) is 3. The Morgan fingerprint density at radius 3 is 2.17 bits per heavy atom. The van der Waals surface area contributed by atoms with Crippen LogP contribution in [0.2, 0.25) is 0 Å². The summed E-state index contributed by atoms with van der Waals surface area (Å²) in [6, 6.07) is 11.5. The Bertz CT molecular complexity index is 838. The third-order valence-corrected chi connectivity index (χ3v) is 5.53. The molecule has 3 rings (SSSR count). The number of nitrogens with one attached hydrogen (secondary N) is 3. The Kier molecular flexibility index (Phi) is 6.59. The Morgan fingerprint density at radius 2 is 1.55 bits per heavy atom. The topological polar surface area (TPSA) is 38.0 Å². The number of carbonyl (C=O) groups is 1. The lowest BCUT2D eigenvalue weighted by Gasteiger charge is -2.29. The molecule has 0 aliphatic carbocycles. The number of piperazine rings is 1. The molecular weight excluding hydrogens is 379 g/mol. The van der Waals surface area contributed by atoms with Crippen molar-refractivity contribution in [3.63, 3.8) is 0 Å². The van der Waals surface area contributed by atoms with Crippen molar-refractivity contribution in [2.75, 3.05) is 38.0 Å². The molecule has 1 saturated heterocycles. The molecule has 0 unspecified atom stereocenters. The molecule has 0 atom stereocenters. The Morgan fingerprint density at radius 1 is 0.966 bits per heavy atom. The van der Waals surface area contributed by atoms with Gasteiger partial charge in [-0.2, -0.15) is 13.2 Å². The van der Waals surface area contributed by atoms with Crippen molar-refractivity contribution in [1.82, 2.24) is 0 Å². The van der Waals surface area contributed by atoms with Gasteiger partial charge in [0.25, 0.3) is 5.91 Å². The first kappa shape index (κ1) is 21.3. The van der Waals surface area contributed by atoms with Gasteiger partial charge in [0.05, 0.1) is 5.56 Å². The molecule has 4 nitrogen and oxygen atoms in total. The monoisotopic (exact) mass is 407 g/mol. The molecule has 2 aromatic carbocycles. The molecule has 0 aromatic heterocycles. The fourth-order valence-electron chi connectivity index (χ4n) is 3.88. The molecule has 1 aliphatic rings. The highest BCUT2D eigenvalue weighted by atomic mass is 19.4. The maximum Gasteiger partial charge on any atom is 0.416 e. The molecule has 1 fully saturated rings. The first-order valence-electron chi connectivity index (χ1n) is 9.91. The second kappa shape index (κ2) is 8.97. The van der Waals surface area contributed by atoms with Crippen LogP contribution in [0.3, 0.4) is 0 Å². The van der Waals surface area contributed by atoms with Gasteiger partial charge < -0.3 is 15.1 Å². The number of amides is 1. The second-order valence-electron chi connectivity index (χ2n) is 7.87. The van der Waals surface area contributed by atoms with Crippen LogP contribution in [0.25, 0.3) is 0 Å². The van der Waals surface area contributed by atoms with Crippen molar-refractivity contribution in [2.45, 2.75) is 26.6 Å². The molecule has 1 amide bonds. The Hall–Kier alpha value is -2.38. The van der Waals surface area contributed by atoms with Crippen molar-refractivity contribution in [3.05, 3.63) is 64.7 Å². The first-order valence-corrected chi connectivity index (χ1v) is 9.91. The van der Waals surface area contributed by atoms with Gasteiger partial charge in [0, 0.05) is 11.3 Å². The third kappa shape index (κ3) is 5.81. The van der Waals surface area contributed by atoms with Gasteiger partial charge in [-0.05, 0) is 37.1 Å². The molecule has 3 N–H and O–H groups in total. The summed E-state index contributed by atoms with van der Waals surface area (Å²) in [5.74, 6) is -0.00118. The summed E-state index contributed by atoms with van der Waals surface area (Å²) in [6.07, 6.45) is -4.31. The minimum atomic E-state index is -4.31. The molecule has 0 bridgehead atoms. The number of aryl methyl sites for hydroxylation is 2. The fraction of sp³-hybridized carbons (Fsp3) is 0.409. The molecule has 1 heterocycles. The van der Waals surface area contributed by atoms with Crippen LogP contribution in [0, 0.1) is 13.8 Å². The highest BCUT2D eigenvalue weighted by Crippen LogP contribution is 2.29. The summed E-state index contributed by atoms with van der Waals surface area (Å²) in [4.78, 5) is 14.9. The predicted octanol–water partition coefficient (Wildman–Crippen LogP) is 1.24. The summed E-state index contributed by atoms with van der Waals surface area (Å²) >= 11 is 0. The fourth-order valence-corrected chi connectivity index (χ4v) is 3.88. The van der Waals surface area contributed by atoms with E-state index < -0.39 is 11.7 Å². The number of para-hydroxylation sites is 1. The largest absolute Gasteiger partial charge is 0.416 e. The molecule has 29 heavy (non-hydrogen) atoms. The minimum absolute atomic E-state index is 0.00118. The summed E-state index contributed by atoms with van der Waals surface area (Å²) in [5, 5.41) is 3.02. The number of hydrogen-bond acceptors (Lipinski definition) is 1. The van der Waals surface area contributed by atoms with E-state index in [1.165, 1.54) is 21.9 Å². The van der Waals surface area contributed by atoms with Gasteiger partial charge in [-0.25, -0.2) is 0 Å². The van der Waals surface area contributed by atoms with E-state index in [4.69, 9.17) is 0 Å². The van der Waals surface area contributed by atoms with E-state index >= 15 is 0 Å². The molecule has 1 aliphatic heterocycles. The van der Waals surface area contributed by atoms with Gasteiger partial charge in [-0.3, -0.25) is 4.79 Å². The van der Waals surface area contributed by atoms with E-state index in [0.29, 0.717) is 18.7 Å². The van der Waals surface area contributed by atoms with Crippen molar-refractivity contribution in [1.29, 1.82) is 0 Å². The van der Waals surface area contributed by atoms with Crippen LogP contribution < -0.4 is 15.1 Å². The SMILES string of the molecule is Cc1cccc(C)c1NC(=O)C[NH+]1CC[NH+](Cc2cccc(C(F)(F)F)c2)CC1. The Balaban J connectivity index is 1.49. The van der Waals surface area contributed by atoms with Crippen molar-refractivity contribution in [3.8, 4) is 0 Å². The van der Waals surface area contributed by atoms with Crippen LogP contribution in [-0.2, 0) is 17.5 Å². The highest BCUT2D eigenvalue weighted by molar-refractivity contribution is 5.93. The second-order valence-corrected chi connectivity index (χ2v) is 7.87. The highest BCUT2D eigenvalue weighted by Gasteiger charge is 2.31. The molecule has 0 radical (unpaired) electrons. The zero-order chi connectivity index (χ0) is 21.0. The maximum absolute atomic E-state index is 12.9. The van der Waals surface area contributed by atoms with Crippen LogP contribution in [0.4, 0.5) is 18.9 Å². The van der Waals surface area contributed by atoms with E-state index in [-0.39, 0.29) is 5.91 Å². The van der Waals surface area contributed by atoms with Crippen molar-refractivity contribution >= 4 is 11.6 Å². The molecule has 156 valence electrons. The van der Waals surface area contributed by atoms with Crippen LogP contribution in [0.5, 0.6) is 0 Å². The van der Waals surface area contributed by atoms with E-state index in [0.717, 1.165) is 49.1 Å². The Labute approximate surface area is 169 Å². The summed E-state index contributed by atoms with van der Waals surface area (Å²) < 4.78 is 38.6. The number of benzene rings is 2. The number of quaternary nitrogens is 2. The van der Waals surface area contributed by atoms with Gasteiger partial charge in [0.2, 0.25) is 0 Å². The standard InChI is InChI=1S/C22H26F3N3O/c1-16-5-3-6-17(2)21(16)26-20(29)15-28-11-9-27(10-12-28)14-18-7-4-8-19(13-18)22(23,24)25/h3-8,13H,9-12,14-15H2,1-2H3,(H,26,29)/p+2. The maximum atomic E-state index is 12.9. The molecular formula is C22H28F3N3O+2. The van der Waals surface area contributed by atoms with E-state index in [9.17, 15) is 18.0 Å². The van der Waals surface area contributed by atoms with E-state index in [2.05, 4.69) is 5.32 Å². The third-order valence-electron chi connectivity index (χ3n) is 5.53. The molecule has 7 heteroatoms. The number of carbonyl (C=O) groups excluding carboxylic acids is 1. The zero-order valence-electron chi connectivity index (χ0n) is 16.8. The van der Waals surface area contributed by atoms with Crippen LogP contribution in [0.15, 0.2) is 42.5 Å².